The van der Waals surface area contributed by atoms with Crippen LogP contribution >= 0.6 is 0 Å². The predicted octanol–water partition coefficient (Wildman–Crippen LogP) is 4.03. The van der Waals surface area contributed by atoms with E-state index in [0.29, 0.717) is 12.5 Å². The maximum Gasteiger partial charge on any atom is 0.303 e. The van der Waals surface area contributed by atoms with E-state index in [1.54, 1.807) is 0 Å². The monoisotopic (exact) mass is 276 g/mol. The summed E-state index contributed by atoms with van der Waals surface area (Å²) in [5.74, 6) is 0.273. The lowest BCUT2D eigenvalue weighted by Gasteiger charge is -2.20. The first kappa shape index (κ1) is 14.9. The van der Waals surface area contributed by atoms with Crippen molar-refractivity contribution in [3.05, 3.63) is 28.8 Å². The number of hydrogen-bond acceptors (Lipinski definition) is 2. The molecule has 0 unspecified atom stereocenters. The Morgan fingerprint density at radius 2 is 2.00 bits per heavy atom. The van der Waals surface area contributed by atoms with E-state index in [2.05, 4.69) is 26.0 Å². The molecule has 0 spiro atoms. The van der Waals surface area contributed by atoms with Crippen LogP contribution in [0.4, 0.5) is 0 Å². The van der Waals surface area contributed by atoms with E-state index in [1.807, 2.05) is 0 Å². The molecule has 0 radical (unpaired) electrons. The Balaban J connectivity index is 2.12. The minimum Gasteiger partial charge on any atom is -0.490 e. The van der Waals surface area contributed by atoms with Gasteiger partial charge >= 0.3 is 5.97 Å². The SMILES string of the molecule is Cc1ccc(CCCC(=O)O)c(OC2CCCC2)c1C. The van der Waals surface area contributed by atoms with Gasteiger partial charge in [-0.25, -0.2) is 0 Å². The van der Waals surface area contributed by atoms with Gasteiger partial charge in [-0.3, -0.25) is 4.79 Å². The van der Waals surface area contributed by atoms with Crippen LogP contribution in [-0.4, -0.2) is 17.2 Å². The fraction of sp³-hybridized carbons (Fsp3) is 0.588. The van der Waals surface area contributed by atoms with Crippen molar-refractivity contribution in [2.45, 2.75) is 64.9 Å². The van der Waals surface area contributed by atoms with Crippen LogP contribution in [0.25, 0.3) is 0 Å². The molecule has 2 rings (SSSR count). The molecule has 0 heterocycles. The third-order valence-corrected chi connectivity index (χ3v) is 4.18. The Labute approximate surface area is 121 Å². The molecular formula is C17H24O3. The fourth-order valence-corrected chi connectivity index (χ4v) is 2.81. The molecule has 1 aliphatic rings. The van der Waals surface area contributed by atoms with Gasteiger partial charge in [0.15, 0.2) is 0 Å². The van der Waals surface area contributed by atoms with E-state index in [4.69, 9.17) is 9.84 Å². The third kappa shape index (κ3) is 3.75. The number of carboxylic acids is 1. The molecular weight excluding hydrogens is 252 g/mol. The molecule has 1 aromatic rings. The number of hydrogen-bond donors (Lipinski definition) is 1. The van der Waals surface area contributed by atoms with Gasteiger partial charge in [-0.05, 0) is 69.1 Å². The van der Waals surface area contributed by atoms with Crippen LogP contribution in [0.1, 0.15) is 55.2 Å². The lowest BCUT2D eigenvalue weighted by molar-refractivity contribution is -0.137. The summed E-state index contributed by atoms with van der Waals surface area (Å²) in [5, 5.41) is 8.76. The zero-order chi connectivity index (χ0) is 14.5. The van der Waals surface area contributed by atoms with Gasteiger partial charge in [-0.2, -0.15) is 0 Å². The molecule has 0 atom stereocenters. The highest BCUT2D eigenvalue weighted by atomic mass is 16.5. The summed E-state index contributed by atoms with van der Waals surface area (Å²) in [6.07, 6.45) is 6.79. The van der Waals surface area contributed by atoms with E-state index in [-0.39, 0.29) is 6.42 Å². The second kappa shape index (κ2) is 6.78. The van der Waals surface area contributed by atoms with Crippen molar-refractivity contribution in [3.8, 4) is 5.75 Å². The Bertz CT molecular complexity index is 473. The summed E-state index contributed by atoms with van der Waals surface area (Å²) in [7, 11) is 0. The van der Waals surface area contributed by atoms with E-state index in [1.165, 1.54) is 24.0 Å². The Hall–Kier alpha value is -1.51. The average molecular weight is 276 g/mol. The number of aliphatic carboxylic acids is 1. The fourth-order valence-electron chi connectivity index (χ4n) is 2.81. The molecule has 0 aromatic heterocycles. The molecule has 1 fully saturated rings. The molecule has 3 heteroatoms. The Morgan fingerprint density at radius 3 is 2.65 bits per heavy atom. The number of rotatable bonds is 6. The van der Waals surface area contributed by atoms with Crippen molar-refractivity contribution in [2.75, 3.05) is 0 Å². The van der Waals surface area contributed by atoms with Crippen molar-refractivity contribution in [1.82, 2.24) is 0 Å². The number of ether oxygens (including phenoxy) is 1. The third-order valence-electron chi connectivity index (χ3n) is 4.18. The highest BCUT2D eigenvalue weighted by Crippen LogP contribution is 2.32. The van der Waals surface area contributed by atoms with Crippen molar-refractivity contribution in [1.29, 1.82) is 0 Å². The van der Waals surface area contributed by atoms with Crippen LogP contribution in [0.3, 0.4) is 0 Å². The van der Waals surface area contributed by atoms with Crippen molar-refractivity contribution >= 4 is 5.97 Å². The first-order valence-corrected chi connectivity index (χ1v) is 7.55. The quantitative estimate of drug-likeness (QED) is 0.853. The second-order valence-corrected chi connectivity index (χ2v) is 5.77. The van der Waals surface area contributed by atoms with Gasteiger partial charge < -0.3 is 9.84 Å². The summed E-state index contributed by atoms with van der Waals surface area (Å²) in [4.78, 5) is 10.6. The minimum atomic E-state index is -0.730. The highest BCUT2D eigenvalue weighted by Gasteiger charge is 2.19. The first-order chi connectivity index (χ1) is 9.58. The molecule has 0 aliphatic heterocycles. The van der Waals surface area contributed by atoms with Crippen LogP contribution in [0, 0.1) is 13.8 Å². The van der Waals surface area contributed by atoms with Crippen molar-refractivity contribution < 1.29 is 14.6 Å². The van der Waals surface area contributed by atoms with Gasteiger partial charge in [0.2, 0.25) is 0 Å². The summed E-state index contributed by atoms with van der Waals surface area (Å²) >= 11 is 0. The lowest BCUT2D eigenvalue weighted by atomic mass is 10.00. The van der Waals surface area contributed by atoms with Crippen LogP contribution in [0.15, 0.2) is 12.1 Å². The highest BCUT2D eigenvalue weighted by molar-refractivity contribution is 5.66. The van der Waals surface area contributed by atoms with Gasteiger partial charge in [-0.1, -0.05) is 12.1 Å². The summed E-state index contributed by atoms with van der Waals surface area (Å²) in [6, 6.07) is 4.20. The molecule has 0 bridgehead atoms. The maximum atomic E-state index is 10.6. The minimum absolute atomic E-state index is 0.218. The number of aryl methyl sites for hydroxylation is 2. The summed E-state index contributed by atoms with van der Waals surface area (Å²) in [6.45, 7) is 4.19. The Kier molecular flexibility index (Phi) is 5.05. The van der Waals surface area contributed by atoms with Gasteiger partial charge in [0, 0.05) is 6.42 Å². The molecule has 0 amide bonds. The van der Waals surface area contributed by atoms with E-state index >= 15 is 0 Å². The normalized spacial score (nSPS) is 15.5. The molecule has 1 saturated carbocycles. The maximum absolute atomic E-state index is 10.6. The zero-order valence-electron chi connectivity index (χ0n) is 12.4. The van der Waals surface area contributed by atoms with Gasteiger partial charge in [0.25, 0.3) is 0 Å². The van der Waals surface area contributed by atoms with Gasteiger partial charge in [-0.15, -0.1) is 0 Å². The molecule has 1 aromatic carbocycles. The number of carboxylic acid groups (broad SMARTS) is 1. The average Bonchev–Trinajstić information content (AvgIpc) is 2.90. The topological polar surface area (TPSA) is 46.5 Å². The molecule has 20 heavy (non-hydrogen) atoms. The number of carbonyl (C=O) groups is 1. The second-order valence-electron chi connectivity index (χ2n) is 5.77. The van der Waals surface area contributed by atoms with Crippen molar-refractivity contribution in [3.63, 3.8) is 0 Å². The molecule has 1 aliphatic carbocycles. The predicted molar refractivity (Wildman–Crippen MR) is 79.4 cm³/mol. The van der Waals surface area contributed by atoms with Crippen LogP contribution in [-0.2, 0) is 11.2 Å². The van der Waals surface area contributed by atoms with Crippen LogP contribution in [0.2, 0.25) is 0 Å². The Morgan fingerprint density at radius 1 is 1.30 bits per heavy atom. The smallest absolute Gasteiger partial charge is 0.303 e. The summed E-state index contributed by atoms with van der Waals surface area (Å²) in [5.41, 5.74) is 3.59. The lowest BCUT2D eigenvalue weighted by Crippen LogP contribution is -2.13. The largest absolute Gasteiger partial charge is 0.490 e. The van der Waals surface area contributed by atoms with Gasteiger partial charge in [0.1, 0.15) is 5.75 Å². The first-order valence-electron chi connectivity index (χ1n) is 7.55. The van der Waals surface area contributed by atoms with E-state index < -0.39 is 5.97 Å². The standard InChI is InChI=1S/C17H24O3/c1-12-10-11-14(6-5-9-16(18)19)17(13(12)2)20-15-7-3-4-8-15/h10-11,15H,3-9H2,1-2H3,(H,18,19). The molecule has 3 nitrogen and oxygen atoms in total. The zero-order valence-corrected chi connectivity index (χ0v) is 12.4. The van der Waals surface area contributed by atoms with Gasteiger partial charge in [0.05, 0.1) is 6.10 Å². The summed E-state index contributed by atoms with van der Waals surface area (Å²) < 4.78 is 6.23. The number of benzene rings is 1. The van der Waals surface area contributed by atoms with Crippen LogP contribution < -0.4 is 4.74 Å². The molecule has 0 saturated heterocycles. The van der Waals surface area contributed by atoms with E-state index in [0.717, 1.165) is 30.6 Å². The molecule has 110 valence electrons. The molecule has 1 N–H and O–H groups in total. The van der Waals surface area contributed by atoms with Crippen LogP contribution in [0.5, 0.6) is 5.75 Å². The van der Waals surface area contributed by atoms with E-state index in [9.17, 15) is 4.79 Å². The van der Waals surface area contributed by atoms with Crippen molar-refractivity contribution in [2.24, 2.45) is 0 Å².